The standard InChI is InChI=1S/C37H35ClN2O6/c1-21(41)46-37-18-23-14-25(19-37)32(26(15-23)20-37)39-35(43)24-10-8-22(9-11-24)16-30-33(36(44)45-2)40(28-6-4-3-5-7-28)31-17-27(38)12-13-29(31)34(30)42/h3-13,17,23,25-26,32H,14-16,18-20H2,1-2H3,(H,39,43)/t23-,25-,26+,32-,37+. The van der Waals surface area contributed by atoms with Crippen molar-refractivity contribution in [3.8, 4) is 5.69 Å². The van der Waals surface area contributed by atoms with E-state index in [4.69, 9.17) is 21.1 Å². The van der Waals surface area contributed by atoms with Gasteiger partial charge in [-0.2, -0.15) is 0 Å². The summed E-state index contributed by atoms with van der Waals surface area (Å²) in [6, 6.07) is 21.5. The largest absolute Gasteiger partial charge is 0.464 e. The number of para-hydroxylation sites is 1. The van der Waals surface area contributed by atoms with Crippen molar-refractivity contribution in [2.45, 2.75) is 57.1 Å². The van der Waals surface area contributed by atoms with Crippen LogP contribution in [-0.2, 0) is 20.7 Å². The van der Waals surface area contributed by atoms with Crippen molar-refractivity contribution in [3.05, 3.63) is 110 Å². The van der Waals surface area contributed by atoms with Gasteiger partial charge >= 0.3 is 11.9 Å². The number of pyridine rings is 1. The van der Waals surface area contributed by atoms with Crippen LogP contribution in [0.25, 0.3) is 16.6 Å². The van der Waals surface area contributed by atoms with Crippen LogP contribution >= 0.6 is 11.6 Å². The van der Waals surface area contributed by atoms with E-state index >= 15 is 0 Å². The number of rotatable bonds is 7. The number of fused-ring (bicyclic) bond motifs is 1. The second-order valence-corrected chi connectivity index (χ2v) is 13.5. The molecular weight excluding hydrogens is 604 g/mol. The van der Waals surface area contributed by atoms with Crippen molar-refractivity contribution in [1.82, 2.24) is 9.88 Å². The average Bonchev–Trinajstić information content (AvgIpc) is 3.03. The molecule has 0 radical (unpaired) electrons. The number of carbonyl (C=O) groups is 3. The molecule has 5 atom stereocenters. The minimum Gasteiger partial charge on any atom is -0.464 e. The third kappa shape index (κ3) is 5.38. The van der Waals surface area contributed by atoms with Crippen molar-refractivity contribution >= 4 is 40.3 Å². The number of benzene rings is 3. The number of esters is 2. The van der Waals surface area contributed by atoms with Gasteiger partial charge in [0, 0.05) is 46.6 Å². The zero-order valence-corrected chi connectivity index (χ0v) is 26.5. The molecule has 0 aliphatic heterocycles. The zero-order chi connectivity index (χ0) is 32.2. The molecule has 9 heteroatoms. The van der Waals surface area contributed by atoms with Crippen LogP contribution in [0.5, 0.6) is 0 Å². The Labute approximate surface area is 271 Å². The third-order valence-corrected chi connectivity index (χ3v) is 10.3. The predicted molar refractivity (Wildman–Crippen MR) is 174 cm³/mol. The van der Waals surface area contributed by atoms with Gasteiger partial charge in [-0.1, -0.05) is 41.9 Å². The second-order valence-electron chi connectivity index (χ2n) is 13.1. The number of ether oxygens (including phenoxy) is 2. The molecule has 4 aliphatic carbocycles. The summed E-state index contributed by atoms with van der Waals surface area (Å²) >= 11 is 6.35. The lowest BCUT2D eigenvalue weighted by molar-refractivity contribution is -0.188. The van der Waals surface area contributed by atoms with E-state index in [2.05, 4.69) is 5.32 Å². The molecule has 4 bridgehead atoms. The van der Waals surface area contributed by atoms with E-state index in [1.54, 1.807) is 34.9 Å². The maximum Gasteiger partial charge on any atom is 0.355 e. The number of nitrogens with zero attached hydrogens (tertiary/aromatic N) is 1. The first-order chi connectivity index (χ1) is 22.1. The highest BCUT2D eigenvalue weighted by atomic mass is 35.5. The monoisotopic (exact) mass is 638 g/mol. The highest BCUT2D eigenvalue weighted by Gasteiger charge is 2.57. The van der Waals surface area contributed by atoms with Gasteiger partial charge in [0.25, 0.3) is 5.91 Å². The van der Waals surface area contributed by atoms with Gasteiger partial charge in [-0.05, 0) is 97.9 Å². The van der Waals surface area contributed by atoms with Crippen LogP contribution in [0.1, 0.15) is 71.0 Å². The van der Waals surface area contributed by atoms with Gasteiger partial charge in [0.1, 0.15) is 11.3 Å². The Morgan fingerprint density at radius 2 is 1.65 bits per heavy atom. The normalized spacial score (nSPS) is 24.5. The average molecular weight is 639 g/mol. The van der Waals surface area contributed by atoms with Crippen LogP contribution in [-0.4, -0.2) is 41.2 Å². The van der Waals surface area contributed by atoms with Crippen molar-refractivity contribution in [1.29, 1.82) is 0 Å². The smallest absolute Gasteiger partial charge is 0.355 e. The number of nitrogens with one attached hydrogen (secondary N) is 1. The van der Waals surface area contributed by atoms with Crippen molar-refractivity contribution in [3.63, 3.8) is 0 Å². The van der Waals surface area contributed by atoms with Gasteiger partial charge in [0.2, 0.25) is 0 Å². The molecule has 0 unspecified atom stereocenters. The Hall–Kier alpha value is -4.43. The van der Waals surface area contributed by atoms with Crippen LogP contribution in [0, 0.1) is 17.8 Å². The van der Waals surface area contributed by atoms with E-state index in [1.165, 1.54) is 14.0 Å². The number of aromatic nitrogens is 1. The summed E-state index contributed by atoms with van der Waals surface area (Å²) in [5.74, 6) is 0.112. The summed E-state index contributed by atoms with van der Waals surface area (Å²) in [7, 11) is 1.29. The van der Waals surface area contributed by atoms with Crippen molar-refractivity contribution in [2.24, 2.45) is 17.8 Å². The van der Waals surface area contributed by atoms with Crippen LogP contribution in [0.3, 0.4) is 0 Å². The van der Waals surface area contributed by atoms with E-state index < -0.39 is 5.97 Å². The van der Waals surface area contributed by atoms with Crippen LogP contribution in [0.15, 0.2) is 77.6 Å². The third-order valence-electron chi connectivity index (χ3n) is 10.1. The fraction of sp³-hybridized carbons (Fsp3) is 0.351. The lowest BCUT2D eigenvalue weighted by Crippen LogP contribution is -2.62. The van der Waals surface area contributed by atoms with Crippen molar-refractivity contribution < 1.29 is 23.9 Å². The topological polar surface area (TPSA) is 104 Å². The lowest BCUT2D eigenvalue weighted by Gasteiger charge is -2.59. The molecule has 46 heavy (non-hydrogen) atoms. The van der Waals surface area contributed by atoms with E-state index in [0.717, 1.165) is 37.7 Å². The summed E-state index contributed by atoms with van der Waals surface area (Å²) in [5, 5.41) is 4.17. The summed E-state index contributed by atoms with van der Waals surface area (Å²) < 4.78 is 12.8. The molecule has 236 valence electrons. The number of hydrogen-bond donors (Lipinski definition) is 1. The molecule has 1 N–H and O–H groups in total. The van der Waals surface area contributed by atoms with Gasteiger partial charge in [-0.3, -0.25) is 14.4 Å². The highest BCUT2D eigenvalue weighted by Crippen LogP contribution is 2.57. The molecule has 8 rings (SSSR count). The van der Waals surface area contributed by atoms with Crippen LogP contribution < -0.4 is 10.7 Å². The Balaban J connectivity index is 1.17. The summed E-state index contributed by atoms with van der Waals surface area (Å²) in [6.07, 6.45) is 4.77. The first-order valence-electron chi connectivity index (χ1n) is 15.7. The zero-order valence-electron chi connectivity index (χ0n) is 25.8. The first kappa shape index (κ1) is 30.2. The van der Waals surface area contributed by atoms with E-state index in [9.17, 15) is 19.2 Å². The minimum absolute atomic E-state index is 0.0533. The molecule has 8 nitrogen and oxygen atoms in total. The quantitative estimate of drug-likeness (QED) is 0.240. The minimum atomic E-state index is -0.639. The molecule has 4 aromatic rings. The molecule has 3 aromatic carbocycles. The van der Waals surface area contributed by atoms with E-state index in [1.807, 2.05) is 42.5 Å². The number of methoxy groups -OCH3 is 1. The molecule has 1 aromatic heterocycles. The SMILES string of the molecule is COC(=O)c1c(Cc2ccc(C(=O)N[C@@H]3[C@@H]4C[C@@H]5C[C@H]3C[C@](OC(C)=O)(C5)C4)cc2)c(=O)c2ccc(Cl)cc2n1-c1ccccc1. The first-order valence-corrected chi connectivity index (χ1v) is 16.1. The summed E-state index contributed by atoms with van der Waals surface area (Å²) in [5.41, 5.74) is 2.24. The summed E-state index contributed by atoms with van der Waals surface area (Å²) in [6.45, 7) is 1.48. The maximum atomic E-state index is 13.9. The van der Waals surface area contributed by atoms with Crippen molar-refractivity contribution in [2.75, 3.05) is 7.11 Å². The molecule has 4 fully saturated rings. The maximum absolute atomic E-state index is 13.9. The molecule has 0 spiro atoms. The lowest BCUT2D eigenvalue weighted by atomic mass is 9.52. The Kier molecular flexibility index (Phi) is 7.71. The molecular formula is C37H35ClN2O6. The molecule has 0 saturated heterocycles. The predicted octanol–water partition coefficient (Wildman–Crippen LogP) is 6.26. The highest BCUT2D eigenvalue weighted by molar-refractivity contribution is 6.31. The Bertz CT molecular complexity index is 1900. The number of amides is 1. The van der Waals surface area contributed by atoms with Gasteiger partial charge in [-0.15, -0.1) is 0 Å². The fourth-order valence-corrected chi connectivity index (χ4v) is 8.72. The molecule has 1 amide bonds. The fourth-order valence-electron chi connectivity index (χ4n) is 8.56. The van der Waals surface area contributed by atoms with Gasteiger partial charge in [0.15, 0.2) is 5.43 Å². The van der Waals surface area contributed by atoms with Gasteiger partial charge < -0.3 is 19.4 Å². The van der Waals surface area contributed by atoms with Gasteiger partial charge in [0.05, 0.1) is 12.6 Å². The summed E-state index contributed by atoms with van der Waals surface area (Å²) in [4.78, 5) is 52.5. The Morgan fingerprint density at radius 3 is 2.30 bits per heavy atom. The van der Waals surface area contributed by atoms with Crippen LogP contribution in [0.4, 0.5) is 0 Å². The molecule has 4 saturated carbocycles. The Morgan fingerprint density at radius 1 is 0.957 bits per heavy atom. The van der Waals surface area contributed by atoms with Gasteiger partial charge in [-0.25, -0.2) is 4.79 Å². The number of hydrogen-bond acceptors (Lipinski definition) is 6. The van der Waals surface area contributed by atoms with E-state index in [0.29, 0.717) is 44.9 Å². The number of carbonyl (C=O) groups excluding carboxylic acids is 3. The van der Waals surface area contributed by atoms with Crippen LogP contribution in [0.2, 0.25) is 5.02 Å². The number of halogens is 1. The second kappa shape index (κ2) is 11.7. The molecule has 1 heterocycles. The molecule has 4 aliphatic rings. The van der Waals surface area contributed by atoms with E-state index in [-0.39, 0.29) is 46.6 Å².